The van der Waals surface area contributed by atoms with Crippen molar-refractivity contribution in [2.75, 3.05) is 13.1 Å². The maximum Gasteiger partial charge on any atom is 0.323 e. The second-order valence-corrected chi connectivity index (χ2v) is 3.09. The summed E-state index contributed by atoms with van der Waals surface area (Å²) in [7, 11) is 0. The third-order valence-electron chi connectivity index (χ3n) is 2.18. The molecule has 0 spiro atoms. The van der Waals surface area contributed by atoms with E-state index in [0.29, 0.717) is 0 Å². The zero-order valence-corrected chi connectivity index (χ0v) is 10.7. The van der Waals surface area contributed by atoms with E-state index in [2.05, 4.69) is 0 Å². The van der Waals surface area contributed by atoms with Crippen molar-refractivity contribution >= 4 is 11.9 Å². The van der Waals surface area contributed by atoms with Gasteiger partial charge in [-0.1, -0.05) is 27.7 Å². The third kappa shape index (κ3) is 6.40. The van der Waals surface area contributed by atoms with E-state index in [-0.39, 0.29) is 25.0 Å². The molecule has 0 atom stereocenters. The van der Waals surface area contributed by atoms with E-state index in [4.69, 9.17) is 10.8 Å². The van der Waals surface area contributed by atoms with Crippen molar-refractivity contribution in [1.29, 1.82) is 0 Å². The van der Waals surface area contributed by atoms with Gasteiger partial charge in [0.2, 0.25) is 5.91 Å². The van der Waals surface area contributed by atoms with E-state index >= 15 is 0 Å². The summed E-state index contributed by atoms with van der Waals surface area (Å²) >= 11 is 0. The van der Waals surface area contributed by atoms with Gasteiger partial charge < -0.3 is 15.7 Å². The summed E-state index contributed by atoms with van der Waals surface area (Å²) in [6.45, 7) is 7.45. The largest absolute Gasteiger partial charge is 0.480 e. The van der Waals surface area contributed by atoms with Crippen molar-refractivity contribution in [2.45, 2.75) is 46.6 Å². The summed E-state index contributed by atoms with van der Waals surface area (Å²) < 4.78 is 0. The summed E-state index contributed by atoms with van der Waals surface area (Å²) in [4.78, 5) is 23.2. The minimum Gasteiger partial charge on any atom is -0.480 e. The Morgan fingerprint density at radius 3 is 1.94 bits per heavy atom. The maximum atomic E-state index is 11.3. The van der Waals surface area contributed by atoms with Gasteiger partial charge in [-0.15, -0.1) is 0 Å². The lowest BCUT2D eigenvalue weighted by Crippen LogP contribution is -2.45. The number of hydrogen-bond donors (Lipinski definition) is 2. The number of carboxylic acids is 1. The molecule has 0 aromatic rings. The number of nitrogens with two attached hydrogens (primary N) is 1. The van der Waals surface area contributed by atoms with Crippen LogP contribution < -0.4 is 5.73 Å². The lowest BCUT2D eigenvalue weighted by Gasteiger charge is -2.28. The number of hydrogen-bond acceptors (Lipinski definition) is 3. The fourth-order valence-electron chi connectivity index (χ4n) is 1.41. The predicted octanol–water partition coefficient (Wildman–Crippen LogP) is 1.07. The van der Waals surface area contributed by atoms with Crippen LogP contribution >= 0.6 is 0 Å². The van der Waals surface area contributed by atoms with Crippen LogP contribution in [0.25, 0.3) is 0 Å². The molecule has 0 aromatic carbocycles. The number of rotatable bonds is 6. The van der Waals surface area contributed by atoms with Crippen LogP contribution in [0.2, 0.25) is 0 Å². The summed E-state index contributed by atoms with van der Waals surface area (Å²) in [6.07, 6.45) is 1.49. The van der Waals surface area contributed by atoms with Crippen LogP contribution in [0.1, 0.15) is 40.5 Å². The molecular formula is C11H24N2O3. The van der Waals surface area contributed by atoms with E-state index in [1.165, 1.54) is 4.90 Å². The van der Waals surface area contributed by atoms with E-state index in [1.54, 1.807) is 0 Å². The van der Waals surface area contributed by atoms with Crippen LogP contribution in [0.15, 0.2) is 0 Å². The molecule has 0 aliphatic rings. The molecule has 0 aromatic heterocycles. The average molecular weight is 232 g/mol. The fourth-order valence-corrected chi connectivity index (χ4v) is 1.41. The summed E-state index contributed by atoms with van der Waals surface area (Å²) in [5, 5.41) is 8.63. The van der Waals surface area contributed by atoms with Gasteiger partial charge in [0.25, 0.3) is 0 Å². The van der Waals surface area contributed by atoms with Gasteiger partial charge in [-0.05, 0) is 12.8 Å². The van der Waals surface area contributed by atoms with Gasteiger partial charge in [0.15, 0.2) is 0 Å². The molecule has 96 valence electrons. The van der Waals surface area contributed by atoms with E-state index in [1.807, 2.05) is 27.7 Å². The Balaban J connectivity index is 0. The van der Waals surface area contributed by atoms with Crippen molar-refractivity contribution in [3.8, 4) is 0 Å². The molecule has 0 aliphatic heterocycles. The highest BCUT2D eigenvalue weighted by atomic mass is 16.4. The number of nitrogens with zero attached hydrogens (tertiary/aromatic N) is 1. The minimum atomic E-state index is -1.00. The van der Waals surface area contributed by atoms with Crippen molar-refractivity contribution in [3.63, 3.8) is 0 Å². The maximum absolute atomic E-state index is 11.3. The standard InChI is InChI=1S/C9H18N2O3.C2H6/c1-3-7(4-2)11(6-9(13)14)8(12)5-10;1-2/h7H,3-6,10H2,1-2H3,(H,13,14);1-2H3. The molecule has 3 N–H and O–H groups in total. The topological polar surface area (TPSA) is 83.6 Å². The molecule has 0 aliphatic carbocycles. The van der Waals surface area contributed by atoms with Gasteiger partial charge in [-0.2, -0.15) is 0 Å². The third-order valence-corrected chi connectivity index (χ3v) is 2.18. The first-order valence-corrected chi connectivity index (χ1v) is 5.78. The predicted molar refractivity (Wildman–Crippen MR) is 64.1 cm³/mol. The van der Waals surface area contributed by atoms with Crippen LogP contribution in [0.4, 0.5) is 0 Å². The lowest BCUT2D eigenvalue weighted by atomic mass is 10.1. The van der Waals surface area contributed by atoms with Crippen LogP contribution in [0, 0.1) is 0 Å². The molecule has 1 amide bonds. The van der Waals surface area contributed by atoms with Crippen LogP contribution in [-0.2, 0) is 9.59 Å². The summed E-state index contributed by atoms with van der Waals surface area (Å²) in [6, 6.07) is -0.0258. The summed E-state index contributed by atoms with van der Waals surface area (Å²) in [5.74, 6) is -1.31. The normalized spacial score (nSPS) is 9.38. The zero-order chi connectivity index (χ0) is 13.1. The Morgan fingerprint density at radius 2 is 1.69 bits per heavy atom. The van der Waals surface area contributed by atoms with Gasteiger partial charge in [-0.25, -0.2) is 0 Å². The van der Waals surface area contributed by atoms with E-state index < -0.39 is 5.97 Å². The molecule has 0 radical (unpaired) electrons. The summed E-state index contributed by atoms with van der Waals surface area (Å²) in [5.41, 5.74) is 5.21. The average Bonchev–Trinajstić information content (AvgIpc) is 2.30. The van der Waals surface area contributed by atoms with E-state index in [0.717, 1.165) is 12.8 Å². The smallest absolute Gasteiger partial charge is 0.323 e. The number of carbonyl (C=O) groups excluding carboxylic acids is 1. The van der Waals surface area contributed by atoms with Gasteiger partial charge in [-0.3, -0.25) is 9.59 Å². The zero-order valence-electron chi connectivity index (χ0n) is 10.7. The van der Waals surface area contributed by atoms with Crippen molar-refractivity contribution in [3.05, 3.63) is 0 Å². The lowest BCUT2D eigenvalue weighted by molar-refractivity contribution is -0.145. The highest BCUT2D eigenvalue weighted by Gasteiger charge is 2.21. The molecule has 0 rings (SSSR count). The monoisotopic (exact) mass is 232 g/mol. The first-order valence-electron chi connectivity index (χ1n) is 5.78. The van der Waals surface area contributed by atoms with Gasteiger partial charge >= 0.3 is 5.97 Å². The Kier molecular flexibility index (Phi) is 11.3. The molecule has 5 heteroatoms. The second kappa shape index (κ2) is 10.4. The molecule has 0 bridgehead atoms. The number of amides is 1. The Morgan fingerprint density at radius 1 is 1.25 bits per heavy atom. The Labute approximate surface area is 97.6 Å². The number of aliphatic carboxylic acids is 1. The molecular weight excluding hydrogens is 208 g/mol. The quantitative estimate of drug-likeness (QED) is 0.717. The van der Waals surface area contributed by atoms with Crippen molar-refractivity contribution in [1.82, 2.24) is 4.90 Å². The van der Waals surface area contributed by atoms with E-state index in [9.17, 15) is 9.59 Å². The first-order chi connectivity index (χ1) is 7.56. The van der Waals surface area contributed by atoms with Gasteiger partial charge in [0.1, 0.15) is 6.54 Å². The molecule has 0 fully saturated rings. The fraction of sp³-hybridized carbons (Fsp3) is 0.818. The highest BCUT2D eigenvalue weighted by Crippen LogP contribution is 2.08. The number of carbonyl (C=O) groups is 2. The van der Waals surface area contributed by atoms with Gasteiger partial charge in [0.05, 0.1) is 6.54 Å². The van der Waals surface area contributed by atoms with Crippen LogP contribution in [0.5, 0.6) is 0 Å². The molecule has 0 unspecified atom stereocenters. The molecule has 5 nitrogen and oxygen atoms in total. The van der Waals surface area contributed by atoms with Crippen molar-refractivity contribution in [2.24, 2.45) is 5.73 Å². The van der Waals surface area contributed by atoms with Crippen molar-refractivity contribution < 1.29 is 14.7 Å². The molecule has 0 saturated carbocycles. The molecule has 0 heterocycles. The SMILES string of the molecule is CC.CCC(CC)N(CC(=O)O)C(=O)CN. The molecule has 16 heavy (non-hydrogen) atoms. The number of carboxylic acid groups (broad SMARTS) is 1. The Bertz CT molecular complexity index is 203. The van der Waals surface area contributed by atoms with Gasteiger partial charge in [0, 0.05) is 6.04 Å². The Hall–Kier alpha value is -1.10. The highest BCUT2D eigenvalue weighted by molar-refractivity contribution is 5.82. The second-order valence-electron chi connectivity index (χ2n) is 3.09. The minimum absolute atomic E-state index is 0.0258. The van der Waals surface area contributed by atoms with Crippen LogP contribution in [0.3, 0.4) is 0 Å². The first kappa shape index (κ1) is 17.3. The molecule has 0 saturated heterocycles. The van der Waals surface area contributed by atoms with Crippen LogP contribution in [-0.4, -0.2) is 41.0 Å².